The topological polar surface area (TPSA) is 124 Å². The molecule has 0 spiro atoms. The van der Waals surface area contributed by atoms with Gasteiger partial charge >= 0.3 is 5.97 Å². The van der Waals surface area contributed by atoms with Gasteiger partial charge in [0.05, 0.1) is 41.3 Å². The van der Waals surface area contributed by atoms with Crippen LogP contribution in [0.2, 0.25) is 0 Å². The van der Waals surface area contributed by atoms with Crippen LogP contribution in [0.15, 0.2) is 35.0 Å². The standard InChI is InChI=1S/C31H29FN4O4.C4H10O/c1-15-20-7-6-10-39-30(20)24(32)12-21(15)29-22(14-27(37)38)16(2)34-31-23(29)13-26(36(31)5)19-8-9-33-25(11-19)28-17(3)35-40-18(28)4;1-4(2,3)5/h8-9,11-13H,6-7,10,14H2,1-5H3,(H,37,38);5H,1-3H3. The van der Waals surface area contributed by atoms with Crippen LogP contribution in [0.4, 0.5) is 4.39 Å². The third-order valence-corrected chi connectivity index (χ3v) is 7.86. The second kappa shape index (κ2) is 12.1. The van der Waals surface area contributed by atoms with E-state index in [-0.39, 0.29) is 6.42 Å². The summed E-state index contributed by atoms with van der Waals surface area (Å²) in [7, 11) is 1.93. The number of ether oxygens (including phenoxy) is 1. The van der Waals surface area contributed by atoms with Gasteiger partial charge in [-0.15, -0.1) is 0 Å². The van der Waals surface area contributed by atoms with Gasteiger partial charge in [0.2, 0.25) is 0 Å². The number of rotatable bonds is 5. The molecular weight excluding hydrogens is 575 g/mol. The molecule has 0 unspecified atom stereocenters. The van der Waals surface area contributed by atoms with Gasteiger partial charge < -0.3 is 24.0 Å². The summed E-state index contributed by atoms with van der Waals surface area (Å²) >= 11 is 0. The molecule has 0 saturated carbocycles. The van der Waals surface area contributed by atoms with Crippen molar-refractivity contribution < 1.29 is 28.7 Å². The maximum atomic E-state index is 15.4. The summed E-state index contributed by atoms with van der Waals surface area (Å²) in [4.78, 5) is 21.4. The van der Waals surface area contributed by atoms with Crippen LogP contribution in [-0.4, -0.2) is 48.1 Å². The molecule has 4 aromatic heterocycles. The smallest absolute Gasteiger partial charge is 0.307 e. The van der Waals surface area contributed by atoms with Crippen LogP contribution in [0.1, 0.15) is 61.0 Å². The molecule has 1 aliphatic rings. The van der Waals surface area contributed by atoms with Gasteiger partial charge in [-0.3, -0.25) is 9.78 Å². The third kappa shape index (κ3) is 6.33. The molecular formula is C35H39FN4O5. The van der Waals surface area contributed by atoms with Crippen molar-refractivity contribution in [3.05, 3.63) is 70.1 Å². The summed E-state index contributed by atoms with van der Waals surface area (Å²) in [5.74, 6) is -0.425. The lowest BCUT2D eigenvalue weighted by atomic mass is 9.87. The summed E-state index contributed by atoms with van der Waals surface area (Å²) in [6, 6.07) is 7.38. The van der Waals surface area contributed by atoms with Gasteiger partial charge in [-0.05, 0) is 108 Å². The third-order valence-electron chi connectivity index (χ3n) is 7.86. The molecule has 9 nitrogen and oxygen atoms in total. The lowest BCUT2D eigenvalue weighted by molar-refractivity contribution is -0.136. The van der Waals surface area contributed by atoms with Crippen molar-refractivity contribution in [1.82, 2.24) is 19.7 Å². The quantitative estimate of drug-likeness (QED) is 0.216. The number of hydrogen-bond acceptors (Lipinski definition) is 7. The molecule has 1 aromatic carbocycles. The number of pyridine rings is 2. The second-order valence-electron chi connectivity index (χ2n) is 12.5. The predicted molar refractivity (Wildman–Crippen MR) is 171 cm³/mol. The molecule has 0 radical (unpaired) electrons. The first kappa shape index (κ1) is 31.8. The van der Waals surface area contributed by atoms with E-state index in [1.165, 1.54) is 6.07 Å². The minimum absolute atomic E-state index is 0.228. The summed E-state index contributed by atoms with van der Waals surface area (Å²) in [5.41, 5.74) is 8.54. The molecule has 45 heavy (non-hydrogen) atoms. The largest absolute Gasteiger partial charge is 0.490 e. The normalized spacial score (nSPS) is 12.8. The van der Waals surface area contributed by atoms with E-state index in [0.29, 0.717) is 52.6 Å². The van der Waals surface area contributed by atoms with Crippen molar-refractivity contribution in [3.63, 3.8) is 0 Å². The number of fused-ring (bicyclic) bond motifs is 2. The van der Waals surface area contributed by atoms with Crippen molar-refractivity contribution in [2.45, 2.75) is 73.3 Å². The van der Waals surface area contributed by atoms with Crippen LogP contribution >= 0.6 is 0 Å². The Morgan fingerprint density at radius 2 is 1.80 bits per heavy atom. The van der Waals surface area contributed by atoms with Gasteiger partial charge in [0.1, 0.15) is 11.4 Å². The molecule has 0 aliphatic carbocycles. The maximum Gasteiger partial charge on any atom is 0.307 e. The van der Waals surface area contributed by atoms with Crippen molar-refractivity contribution >= 4 is 17.0 Å². The van der Waals surface area contributed by atoms with Crippen molar-refractivity contribution in [2.75, 3.05) is 6.61 Å². The van der Waals surface area contributed by atoms with Gasteiger partial charge in [-0.25, -0.2) is 9.37 Å². The Bertz CT molecular complexity index is 1910. The molecule has 2 N–H and O–H groups in total. The first-order chi connectivity index (χ1) is 21.2. The highest BCUT2D eigenvalue weighted by molar-refractivity contribution is 6.01. The van der Waals surface area contributed by atoms with E-state index in [1.807, 2.05) is 57.5 Å². The molecule has 10 heteroatoms. The summed E-state index contributed by atoms with van der Waals surface area (Å²) in [5, 5.41) is 23.2. The van der Waals surface area contributed by atoms with E-state index in [4.69, 9.17) is 19.4 Å². The van der Waals surface area contributed by atoms with Crippen LogP contribution in [0.25, 0.3) is 44.7 Å². The Hall–Kier alpha value is -4.57. The monoisotopic (exact) mass is 614 g/mol. The van der Waals surface area contributed by atoms with E-state index in [1.54, 1.807) is 27.0 Å². The molecule has 5 aromatic rings. The maximum absolute atomic E-state index is 15.4. The van der Waals surface area contributed by atoms with Crippen molar-refractivity contribution in [1.29, 1.82) is 0 Å². The zero-order valence-electron chi connectivity index (χ0n) is 27.0. The fraction of sp³-hybridized carbons (Fsp3) is 0.371. The Morgan fingerprint density at radius 1 is 1.09 bits per heavy atom. The number of aliphatic carboxylic acids is 1. The minimum Gasteiger partial charge on any atom is -0.490 e. The van der Waals surface area contributed by atoms with E-state index in [2.05, 4.69) is 10.1 Å². The fourth-order valence-electron chi connectivity index (χ4n) is 5.93. The number of nitrogens with zero attached hydrogens (tertiary/aromatic N) is 4. The minimum atomic E-state index is -0.973. The highest BCUT2D eigenvalue weighted by Crippen LogP contribution is 2.43. The SMILES string of the molecule is CC(C)(C)O.Cc1nc2c(cc(-c3ccnc(-c4c(C)noc4C)c3)n2C)c(-c2cc(F)c3c(c2C)CCCO3)c1CC(=O)O. The van der Waals surface area contributed by atoms with Gasteiger partial charge in [-0.2, -0.15) is 0 Å². The number of hydrogen-bond donors (Lipinski definition) is 2. The number of aryl methyl sites for hydroxylation is 4. The first-order valence-electron chi connectivity index (χ1n) is 14.9. The molecule has 0 saturated heterocycles. The number of carboxylic acid groups (broad SMARTS) is 1. The average Bonchev–Trinajstić information content (AvgIpc) is 3.48. The number of carboxylic acids is 1. The summed E-state index contributed by atoms with van der Waals surface area (Å²) in [6.45, 7) is 13.2. The average molecular weight is 615 g/mol. The second-order valence-corrected chi connectivity index (χ2v) is 12.5. The van der Waals surface area contributed by atoms with E-state index in [0.717, 1.165) is 51.1 Å². The molecule has 5 heterocycles. The lowest BCUT2D eigenvalue weighted by Gasteiger charge is -2.23. The molecule has 1 aliphatic heterocycles. The van der Waals surface area contributed by atoms with Crippen molar-refractivity contribution in [2.24, 2.45) is 7.05 Å². The fourth-order valence-corrected chi connectivity index (χ4v) is 5.93. The predicted octanol–water partition coefficient (Wildman–Crippen LogP) is 7.06. The van der Waals surface area contributed by atoms with Crippen LogP contribution < -0.4 is 4.74 Å². The highest BCUT2D eigenvalue weighted by Gasteiger charge is 2.26. The van der Waals surface area contributed by atoms with Gasteiger partial charge in [-0.1, -0.05) is 5.16 Å². The number of aromatic nitrogens is 4. The Morgan fingerprint density at radius 3 is 2.44 bits per heavy atom. The van der Waals surface area contributed by atoms with Crippen LogP contribution in [0, 0.1) is 33.5 Å². The zero-order valence-corrected chi connectivity index (χ0v) is 27.0. The Labute approximate surface area is 261 Å². The summed E-state index contributed by atoms with van der Waals surface area (Å²) < 4.78 is 28.4. The molecule has 0 fully saturated rings. The number of carbonyl (C=O) groups is 1. The molecule has 0 bridgehead atoms. The van der Waals surface area contributed by atoms with Crippen molar-refractivity contribution in [3.8, 4) is 39.4 Å². The number of aliphatic hydroxyl groups is 1. The molecule has 6 rings (SSSR count). The van der Waals surface area contributed by atoms with E-state index >= 15 is 4.39 Å². The van der Waals surface area contributed by atoms with Crippen LogP contribution in [-0.2, 0) is 24.7 Å². The number of halogens is 1. The highest BCUT2D eigenvalue weighted by atomic mass is 19.1. The van der Waals surface area contributed by atoms with Crippen LogP contribution in [0.5, 0.6) is 5.75 Å². The zero-order chi connectivity index (χ0) is 32.8. The van der Waals surface area contributed by atoms with Crippen LogP contribution in [0.3, 0.4) is 0 Å². The number of benzene rings is 1. The first-order valence-corrected chi connectivity index (χ1v) is 14.9. The molecule has 0 amide bonds. The Balaban J connectivity index is 0.000000743. The van der Waals surface area contributed by atoms with E-state index in [9.17, 15) is 9.90 Å². The van der Waals surface area contributed by atoms with E-state index < -0.39 is 17.4 Å². The Kier molecular flexibility index (Phi) is 8.55. The van der Waals surface area contributed by atoms with Gasteiger partial charge in [0, 0.05) is 35.5 Å². The van der Waals surface area contributed by atoms with Gasteiger partial charge in [0.15, 0.2) is 11.6 Å². The molecule has 236 valence electrons. The van der Waals surface area contributed by atoms with Gasteiger partial charge in [0.25, 0.3) is 0 Å². The lowest BCUT2D eigenvalue weighted by Crippen LogP contribution is -2.13. The molecule has 0 atom stereocenters. The summed E-state index contributed by atoms with van der Waals surface area (Å²) in [6.07, 6.45) is 3.02.